The summed E-state index contributed by atoms with van der Waals surface area (Å²) in [5, 5.41) is 11.2. The highest BCUT2D eigenvalue weighted by Crippen LogP contribution is 2.26. The van der Waals surface area contributed by atoms with Gasteiger partial charge in [0.2, 0.25) is 11.8 Å². The summed E-state index contributed by atoms with van der Waals surface area (Å²) in [4.78, 5) is 28.9. The normalized spacial score (nSPS) is 11.9. The Morgan fingerprint density at radius 1 is 1.17 bits per heavy atom. The largest absolute Gasteiger partial charge is 0.360 e. The maximum Gasteiger partial charge on any atom is 0.238 e. The predicted octanol–water partition coefficient (Wildman–Crippen LogP) is 4.42. The third kappa shape index (κ3) is 5.68. The molecule has 1 atom stereocenters. The number of nitrogens with zero attached hydrogens (tertiary/aromatic N) is 2. The summed E-state index contributed by atoms with van der Waals surface area (Å²) in [6.45, 7) is 7.61. The molecule has 7 nitrogen and oxygen atoms in total. The maximum absolute atomic E-state index is 12.2. The van der Waals surface area contributed by atoms with E-state index in [9.17, 15) is 9.59 Å². The van der Waals surface area contributed by atoms with Crippen LogP contribution in [0.1, 0.15) is 23.8 Å². The lowest BCUT2D eigenvalue weighted by Crippen LogP contribution is -2.25. The van der Waals surface area contributed by atoms with Crippen LogP contribution in [-0.4, -0.2) is 33.0 Å². The molecule has 2 aromatic heterocycles. The fourth-order valence-corrected chi connectivity index (χ4v) is 3.87. The van der Waals surface area contributed by atoms with Crippen LogP contribution in [0.15, 0.2) is 34.2 Å². The van der Waals surface area contributed by atoms with E-state index in [-0.39, 0.29) is 17.6 Å². The van der Waals surface area contributed by atoms with Gasteiger partial charge in [-0.25, -0.2) is 4.98 Å². The number of hydrogen-bond donors (Lipinski definition) is 2. The maximum atomic E-state index is 12.2. The minimum atomic E-state index is -0.417. The average Bonchev–Trinajstić information content (AvgIpc) is 3.31. The molecule has 0 saturated carbocycles. The third-order valence-corrected chi connectivity index (χ3v) is 6.17. The van der Waals surface area contributed by atoms with Crippen LogP contribution in [0.3, 0.4) is 0 Å². The molecule has 1 unspecified atom stereocenters. The first-order valence-electron chi connectivity index (χ1n) is 9.00. The Morgan fingerprint density at radius 3 is 2.66 bits per heavy atom. The molecule has 0 saturated heterocycles. The number of hydrogen-bond acceptors (Lipinski definition) is 7. The van der Waals surface area contributed by atoms with E-state index in [2.05, 4.69) is 46.8 Å². The second-order valence-corrected chi connectivity index (χ2v) is 8.84. The number of aromatic nitrogens is 2. The Kier molecular flexibility index (Phi) is 6.71. The Balaban J connectivity index is 1.50. The highest BCUT2D eigenvalue weighted by molar-refractivity contribution is 8.01. The van der Waals surface area contributed by atoms with Crippen molar-refractivity contribution >= 4 is 45.9 Å². The monoisotopic (exact) mass is 430 g/mol. The molecule has 0 aliphatic carbocycles. The van der Waals surface area contributed by atoms with Crippen LogP contribution < -0.4 is 10.6 Å². The van der Waals surface area contributed by atoms with Crippen molar-refractivity contribution in [2.75, 3.05) is 16.4 Å². The number of rotatable bonds is 7. The van der Waals surface area contributed by atoms with Crippen molar-refractivity contribution in [1.29, 1.82) is 0 Å². The first-order valence-corrected chi connectivity index (χ1v) is 10.9. The number of carbonyl (C=O) groups excluding carboxylic acids is 2. The molecule has 1 aromatic carbocycles. The molecular formula is C20H22N4O3S2. The molecule has 0 radical (unpaired) electrons. The van der Waals surface area contributed by atoms with Gasteiger partial charge >= 0.3 is 0 Å². The number of anilines is 2. The molecule has 29 heavy (non-hydrogen) atoms. The van der Waals surface area contributed by atoms with Gasteiger partial charge in [-0.3, -0.25) is 9.59 Å². The molecule has 9 heteroatoms. The summed E-state index contributed by atoms with van der Waals surface area (Å²) in [6.07, 6.45) is 0. The van der Waals surface area contributed by atoms with Gasteiger partial charge in [0.1, 0.15) is 5.76 Å². The Hall–Kier alpha value is -2.65. The lowest BCUT2D eigenvalue weighted by Gasteiger charge is -2.09. The Bertz CT molecular complexity index is 1030. The highest BCUT2D eigenvalue weighted by atomic mass is 32.2. The minimum absolute atomic E-state index is 0.144. The van der Waals surface area contributed by atoms with Gasteiger partial charge in [0.15, 0.2) is 10.9 Å². The van der Waals surface area contributed by atoms with E-state index < -0.39 is 5.25 Å². The van der Waals surface area contributed by atoms with Gasteiger partial charge in [0, 0.05) is 17.0 Å². The van der Waals surface area contributed by atoms with Gasteiger partial charge in [0.05, 0.1) is 16.7 Å². The summed E-state index contributed by atoms with van der Waals surface area (Å²) in [5.41, 5.74) is 4.28. The molecule has 152 valence electrons. The standard InChI is InChI=1S/C20H22N4O3S2/c1-11-5-6-15(7-12(11)2)16-9-29-20(21-16)23-18(25)10-28-14(4)19(26)22-17-8-13(3)27-24-17/h5-9,14H,10H2,1-4H3,(H,21,23,25)(H,22,24,26). The van der Waals surface area contributed by atoms with Crippen molar-refractivity contribution in [3.8, 4) is 11.3 Å². The number of nitrogens with one attached hydrogen (secondary N) is 2. The first-order chi connectivity index (χ1) is 13.8. The third-order valence-electron chi connectivity index (χ3n) is 4.27. The van der Waals surface area contributed by atoms with Gasteiger partial charge < -0.3 is 15.2 Å². The molecule has 2 N–H and O–H groups in total. The summed E-state index contributed by atoms with van der Waals surface area (Å²) in [6, 6.07) is 7.81. The Morgan fingerprint density at radius 2 is 1.97 bits per heavy atom. The molecule has 0 spiro atoms. The molecule has 0 aliphatic heterocycles. The number of thioether (sulfide) groups is 1. The van der Waals surface area contributed by atoms with E-state index in [1.165, 1.54) is 34.2 Å². The van der Waals surface area contributed by atoms with E-state index in [4.69, 9.17) is 4.52 Å². The van der Waals surface area contributed by atoms with Crippen LogP contribution in [0.5, 0.6) is 0 Å². The van der Waals surface area contributed by atoms with Crippen LogP contribution in [0, 0.1) is 20.8 Å². The Labute approximate surface area is 177 Å². The minimum Gasteiger partial charge on any atom is -0.360 e. The summed E-state index contributed by atoms with van der Waals surface area (Å²) >= 11 is 2.62. The van der Waals surface area contributed by atoms with Crippen molar-refractivity contribution < 1.29 is 14.1 Å². The molecule has 2 heterocycles. The zero-order chi connectivity index (χ0) is 21.0. The predicted molar refractivity (Wildman–Crippen MR) is 117 cm³/mol. The number of amides is 2. The summed E-state index contributed by atoms with van der Waals surface area (Å²) in [5.74, 6) is 0.690. The molecule has 0 fully saturated rings. The summed E-state index contributed by atoms with van der Waals surface area (Å²) in [7, 11) is 0. The van der Waals surface area contributed by atoms with Crippen molar-refractivity contribution in [2.24, 2.45) is 0 Å². The SMILES string of the molecule is Cc1cc(NC(=O)C(C)SCC(=O)Nc2nc(-c3ccc(C)c(C)c3)cs2)no1. The fourth-order valence-electron chi connectivity index (χ4n) is 2.45. The van der Waals surface area contributed by atoms with E-state index in [0.717, 1.165) is 11.3 Å². The van der Waals surface area contributed by atoms with Crippen LogP contribution >= 0.6 is 23.1 Å². The van der Waals surface area contributed by atoms with Gasteiger partial charge in [-0.1, -0.05) is 17.3 Å². The van der Waals surface area contributed by atoms with Crippen molar-refractivity contribution in [3.63, 3.8) is 0 Å². The van der Waals surface area contributed by atoms with E-state index in [1.807, 2.05) is 11.4 Å². The average molecular weight is 431 g/mol. The van der Waals surface area contributed by atoms with E-state index in [0.29, 0.717) is 16.7 Å². The zero-order valence-corrected chi connectivity index (χ0v) is 18.2. The molecule has 0 aliphatic rings. The fraction of sp³-hybridized carbons (Fsp3) is 0.300. The van der Waals surface area contributed by atoms with Crippen LogP contribution in [0.25, 0.3) is 11.3 Å². The number of aryl methyl sites for hydroxylation is 3. The van der Waals surface area contributed by atoms with Gasteiger partial charge in [0.25, 0.3) is 0 Å². The number of thiazole rings is 1. The van der Waals surface area contributed by atoms with E-state index in [1.54, 1.807) is 19.9 Å². The van der Waals surface area contributed by atoms with Crippen molar-refractivity contribution in [3.05, 3.63) is 46.5 Å². The number of benzene rings is 1. The van der Waals surface area contributed by atoms with Crippen LogP contribution in [-0.2, 0) is 9.59 Å². The van der Waals surface area contributed by atoms with Crippen molar-refractivity contribution in [1.82, 2.24) is 10.1 Å². The summed E-state index contributed by atoms with van der Waals surface area (Å²) < 4.78 is 4.91. The number of carbonyl (C=O) groups is 2. The lowest BCUT2D eigenvalue weighted by atomic mass is 10.1. The van der Waals surface area contributed by atoms with Gasteiger partial charge in [-0.2, -0.15) is 0 Å². The lowest BCUT2D eigenvalue weighted by molar-refractivity contribution is -0.115. The van der Waals surface area contributed by atoms with Crippen molar-refractivity contribution in [2.45, 2.75) is 32.9 Å². The van der Waals surface area contributed by atoms with Crippen LogP contribution in [0.2, 0.25) is 0 Å². The molecule has 2 amide bonds. The molecule has 3 rings (SSSR count). The molecule has 3 aromatic rings. The highest BCUT2D eigenvalue weighted by Gasteiger charge is 2.17. The smallest absolute Gasteiger partial charge is 0.238 e. The van der Waals surface area contributed by atoms with Gasteiger partial charge in [-0.15, -0.1) is 23.1 Å². The van der Waals surface area contributed by atoms with Gasteiger partial charge in [-0.05, 0) is 44.9 Å². The second kappa shape index (κ2) is 9.23. The topological polar surface area (TPSA) is 97.1 Å². The molecule has 0 bridgehead atoms. The van der Waals surface area contributed by atoms with Crippen LogP contribution in [0.4, 0.5) is 10.9 Å². The molecular weight excluding hydrogens is 408 g/mol. The zero-order valence-electron chi connectivity index (χ0n) is 16.6. The van der Waals surface area contributed by atoms with E-state index >= 15 is 0 Å². The first kappa shape index (κ1) is 21.1. The second-order valence-electron chi connectivity index (χ2n) is 6.65. The quantitative estimate of drug-likeness (QED) is 0.576.